The first-order chi connectivity index (χ1) is 9.98. The van der Waals surface area contributed by atoms with Gasteiger partial charge in [-0.15, -0.1) is 0 Å². The summed E-state index contributed by atoms with van der Waals surface area (Å²) < 4.78 is 0. The van der Waals surface area contributed by atoms with E-state index in [0.717, 1.165) is 23.7 Å². The number of hydrogen-bond acceptors (Lipinski definition) is 1. The molecule has 3 aliphatic rings. The summed E-state index contributed by atoms with van der Waals surface area (Å²) in [7, 11) is 0. The van der Waals surface area contributed by atoms with E-state index in [2.05, 4.69) is 33.0 Å². The number of hydrogen-bond donors (Lipinski definition) is 1. The van der Waals surface area contributed by atoms with E-state index in [0.29, 0.717) is 10.8 Å². The van der Waals surface area contributed by atoms with Crippen LogP contribution in [0.5, 0.6) is 0 Å². The number of fused-ring (bicyclic) bond motifs is 1. The van der Waals surface area contributed by atoms with Gasteiger partial charge in [-0.2, -0.15) is 0 Å². The standard InChI is InChI=1S/C20H37N/c1-5-20(4)15(2)12-19(3)10-6-7-17(19)11-18(20)9-8-16-13-21-14-16/h15-18,21H,5-14H2,1-4H3. The average Bonchev–Trinajstić information content (AvgIpc) is 2.72. The topological polar surface area (TPSA) is 12.0 Å². The van der Waals surface area contributed by atoms with Crippen molar-refractivity contribution in [1.29, 1.82) is 0 Å². The summed E-state index contributed by atoms with van der Waals surface area (Å²) in [4.78, 5) is 0. The van der Waals surface area contributed by atoms with Gasteiger partial charge in [0.25, 0.3) is 0 Å². The molecule has 0 spiro atoms. The van der Waals surface area contributed by atoms with Crippen LogP contribution >= 0.6 is 0 Å². The fraction of sp³-hybridized carbons (Fsp3) is 1.00. The predicted octanol–water partition coefficient (Wildman–Crippen LogP) is 5.25. The van der Waals surface area contributed by atoms with Crippen LogP contribution in [0.15, 0.2) is 0 Å². The first-order valence-electron chi connectivity index (χ1n) is 9.68. The summed E-state index contributed by atoms with van der Waals surface area (Å²) in [6.07, 6.45) is 11.9. The molecule has 1 heteroatoms. The Labute approximate surface area is 132 Å². The van der Waals surface area contributed by atoms with Crippen LogP contribution in [0.2, 0.25) is 0 Å². The third-order valence-electron chi connectivity index (χ3n) is 8.24. The Morgan fingerprint density at radius 2 is 1.90 bits per heavy atom. The summed E-state index contributed by atoms with van der Waals surface area (Å²) in [5, 5.41) is 3.45. The van der Waals surface area contributed by atoms with Crippen LogP contribution in [0.3, 0.4) is 0 Å². The first kappa shape index (κ1) is 15.8. The van der Waals surface area contributed by atoms with E-state index in [9.17, 15) is 0 Å². The van der Waals surface area contributed by atoms with Gasteiger partial charge >= 0.3 is 0 Å². The molecule has 0 aromatic rings. The van der Waals surface area contributed by atoms with Crippen molar-refractivity contribution >= 4 is 0 Å². The van der Waals surface area contributed by atoms with Crippen LogP contribution in [0.25, 0.3) is 0 Å². The van der Waals surface area contributed by atoms with Crippen molar-refractivity contribution in [3.05, 3.63) is 0 Å². The monoisotopic (exact) mass is 291 g/mol. The van der Waals surface area contributed by atoms with Crippen LogP contribution in [0, 0.1) is 34.5 Å². The molecule has 0 aromatic heterocycles. The number of rotatable bonds is 4. The Balaban J connectivity index is 1.76. The van der Waals surface area contributed by atoms with Gasteiger partial charge in [0.05, 0.1) is 0 Å². The summed E-state index contributed by atoms with van der Waals surface area (Å²) in [6.45, 7) is 12.9. The Bertz CT molecular complexity index is 361. The molecule has 5 unspecified atom stereocenters. The van der Waals surface area contributed by atoms with E-state index in [1.54, 1.807) is 0 Å². The third kappa shape index (κ3) is 2.80. The van der Waals surface area contributed by atoms with Crippen molar-refractivity contribution in [3.63, 3.8) is 0 Å². The van der Waals surface area contributed by atoms with Gasteiger partial charge in [0.15, 0.2) is 0 Å². The lowest BCUT2D eigenvalue weighted by molar-refractivity contribution is 0.0756. The van der Waals surface area contributed by atoms with E-state index in [1.165, 1.54) is 64.5 Å². The van der Waals surface area contributed by atoms with Crippen LogP contribution in [-0.4, -0.2) is 13.1 Å². The molecule has 1 saturated heterocycles. The first-order valence-corrected chi connectivity index (χ1v) is 9.68. The normalized spacial score (nSPS) is 47.7. The largest absolute Gasteiger partial charge is 0.316 e. The van der Waals surface area contributed by atoms with Gasteiger partial charge in [0.1, 0.15) is 0 Å². The Morgan fingerprint density at radius 3 is 2.52 bits per heavy atom. The highest BCUT2D eigenvalue weighted by Gasteiger charge is 2.50. The van der Waals surface area contributed by atoms with Crippen LogP contribution in [-0.2, 0) is 0 Å². The lowest BCUT2D eigenvalue weighted by Crippen LogP contribution is -2.42. The summed E-state index contributed by atoms with van der Waals surface area (Å²) in [5.74, 6) is 3.89. The van der Waals surface area contributed by atoms with Crippen molar-refractivity contribution in [2.75, 3.05) is 13.1 Å². The highest BCUT2D eigenvalue weighted by Crippen LogP contribution is 2.59. The summed E-state index contributed by atoms with van der Waals surface area (Å²) in [6, 6.07) is 0. The molecule has 5 atom stereocenters. The molecule has 3 rings (SSSR count). The summed E-state index contributed by atoms with van der Waals surface area (Å²) in [5.41, 5.74) is 1.26. The van der Waals surface area contributed by atoms with Crippen molar-refractivity contribution in [2.24, 2.45) is 34.5 Å². The second kappa shape index (κ2) is 5.87. The molecule has 0 radical (unpaired) electrons. The number of nitrogens with one attached hydrogen (secondary N) is 1. The van der Waals surface area contributed by atoms with Crippen molar-refractivity contribution in [3.8, 4) is 0 Å². The molecular formula is C20H37N. The van der Waals surface area contributed by atoms with Gasteiger partial charge < -0.3 is 5.32 Å². The van der Waals surface area contributed by atoms with Gasteiger partial charge in [-0.05, 0) is 86.1 Å². The van der Waals surface area contributed by atoms with Gasteiger partial charge in [-0.1, -0.05) is 40.5 Å². The molecule has 21 heavy (non-hydrogen) atoms. The van der Waals surface area contributed by atoms with Crippen LogP contribution in [0.4, 0.5) is 0 Å². The molecule has 1 nitrogen and oxygen atoms in total. The molecule has 0 bridgehead atoms. The smallest absolute Gasteiger partial charge is 0.000825 e. The van der Waals surface area contributed by atoms with Crippen molar-refractivity contribution in [2.45, 2.75) is 79.1 Å². The third-order valence-corrected chi connectivity index (χ3v) is 8.24. The molecule has 2 saturated carbocycles. The molecule has 0 amide bonds. The van der Waals surface area contributed by atoms with E-state index in [-0.39, 0.29) is 0 Å². The lowest BCUT2D eigenvalue weighted by atomic mass is 9.63. The predicted molar refractivity (Wildman–Crippen MR) is 91.3 cm³/mol. The van der Waals surface area contributed by atoms with Crippen LogP contribution in [0.1, 0.15) is 79.1 Å². The lowest BCUT2D eigenvalue weighted by Gasteiger charge is -2.42. The molecule has 1 N–H and O–H groups in total. The minimum absolute atomic E-state index is 0.588. The molecular weight excluding hydrogens is 254 g/mol. The zero-order chi connectivity index (χ0) is 15.1. The van der Waals surface area contributed by atoms with Crippen molar-refractivity contribution in [1.82, 2.24) is 5.32 Å². The molecule has 0 aromatic carbocycles. The van der Waals surface area contributed by atoms with Gasteiger partial charge in [-0.25, -0.2) is 0 Å². The van der Waals surface area contributed by atoms with Crippen LogP contribution < -0.4 is 5.32 Å². The molecule has 1 aliphatic heterocycles. The quantitative estimate of drug-likeness (QED) is 0.745. The van der Waals surface area contributed by atoms with E-state index < -0.39 is 0 Å². The fourth-order valence-corrected chi connectivity index (χ4v) is 6.00. The zero-order valence-corrected chi connectivity index (χ0v) is 14.9. The minimum atomic E-state index is 0.588. The maximum Gasteiger partial charge on any atom is -0.000825 e. The fourth-order valence-electron chi connectivity index (χ4n) is 6.00. The van der Waals surface area contributed by atoms with E-state index in [4.69, 9.17) is 0 Å². The molecule has 3 fully saturated rings. The Hall–Kier alpha value is -0.0400. The highest BCUT2D eigenvalue weighted by molar-refractivity contribution is 5.00. The summed E-state index contributed by atoms with van der Waals surface area (Å²) >= 11 is 0. The average molecular weight is 292 g/mol. The van der Waals surface area contributed by atoms with E-state index in [1.807, 2.05) is 0 Å². The molecule has 2 aliphatic carbocycles. The maximum atomic E-state index is 3.45. The molecule has 1 heterocycles. The molecule has 122 valence electrons. The van der Waals surface area contributed by atoms with Crippen molar-refractivity contribution < 1.29 is 0 Å². The Morgan fingerprint density at radius 1 is 1.14 bits per heavy atom. The maximum absolute atomic E-state index is 3.45. The van der Waals surface area contributed by atoms with Gasteiger partial charge in [0, 0.05) is 0 Å². The zero-order valence-electron chi connectivity index (χ0n) is 14.9. The second-order valence-electron chi connectivity index (χ2n) is 9.24. The Kier molecular flexibility index (Phi) is 4.43. The SMILES string of the molecule is CCC1(C)C(C)CC2(C)CCCC2CC1CCC1CNC1. The minimum Gasteiger partial charge on any atom is -0.316 e. The highest BCUT2D eigenvalue weighted by atomic mass is 14.9. The van der Waals surface area contributed by atoms with Gasteiger partial charge in [-0.3, -0.25) is 0 Å². The van der Waals surface area contributed by atoms with E-state index >= 15 is 0 Å². The second-order valence-corrected chi connectivity index (χ2v) is 9.24. The van der Waals surface area contributed by atoms with Gasteiger partial charge in [0.2, 0.25) is 0 Å².